The van der Waals surface area contributed by atoms with Gasteiger partial charge in [0.15, 0.2) is 11.4 Å². The Morgan fingerprint density at radius 3 is 2.56 bits per heavy atom. The van der Waals surface area contributed by atoms with Gasteiger partial charge in [-0.3, -0.25) is 9.59 Å². The molecule has 25 heavy (non-hydrogen) atoms. The molecule has 7 heteroatoms. The van der Waals surface area contributed by atoms with E-state index in [9.17, 15) is 9.59 Å². The highest BCUT2D eigenvalue weighted by Gasteiger charge is 2.13. The van der Waals surface area contributed by atoms with Crippen molar-refractivity contribution >= 4 is 23.0 Å². The number of aryl methyl sites for hydroxylation is 2. The van der Waals surface area contributed by atoms with Crippen LogP contribution in [-0.2, 0) is 11.2 Å². The van der Waals surface area contributed by atoms with Crippen LogP contribution in [0.25, 0.3) is 5.65 Å². The van der Waals surface area contributed by atoms with E-state index in [4.69, 9.17) is 0 Å². The van der Waals surface area contributed by atoms with Gasteiger partial charge < -0.3 is 5.32 Å². The van der Waals surface area contributed by atoms with Crippen LogP contribution in [0.1, 0.15) is 40.5 Å². The molecule has 0 atom stereocenters. The minimum Gasteiger partial charge on any atom is -0.326 e. The summed E-state index contributed by atoms with van der Waals surface area (Å²) in [5.41, 5.74) is 4.88. The number of rotatable bonds is 5. The van der Waals surface area contributed by atoms with Gasteiger partial charge in [0, 0.05) is 23.2 Å². The summed E-state index contributed by atoms with van der Waals surface area (Å²) in [6, 6.07) is 6.87. The first-order chi connectivity index (χ1) is 12.0. The van der Waals surface area contributed by atoms with Crippen LogP contribution in [0.3, 0.4) is 0 Å². The van der Waals surface area contributed by atoms with E-state index < -0.39 is 0 Å². The SMILES string of the molecule is CC(=O)c1ccc(NC(=O)CCc2c(C)nn3cnnc3c2C)cc1. The number of carbonyl (C=O) groups is 2. The Bertz CT molecular complexity index is 944. The zero-order chi connectivity index (χ0) is 18.0. The smallest absolute Gasteiger partial charge is 0.224 e. The van der Waals surface area contributed by atoms with Gasteiger partial charge in [-0.2, -0.15) is 5.10 Å². The molecule has 7 nitrogen and oxygen atoms in total. The molecular weight excluding hydrogens is 318 g/mol. The van der Waals surface area contributed by atoms with Crippen molar-refractivity contribution in [1.82, 2.24) is 19.8 Å². The molecular formula is C18H19N5O2. The molecule has 0 unspecified atom stereocenters. The normalized spacial score (nSPS) is 10.8. The topological polar surface area (TPSA) is 89.2 Å². The van der Waals surface area contributed by atoms with Crippen molar-refractivity contribution in [2.75, 3.05) is 5.32 Å². The second-order valence-electron chi connectivity index (χ2n) is 5.97. The number of hydrogen-bond donors (Lipinski definition) is 1. The third kappa shape index (κ3) is 3.55. The summed E-state index contributed by atoms with van der Waals surface area (Å²) in [6.07, 6.45) is 2.48. The van der Waals surface area contributed by atoms with Crippen LogP contribution in [-0.4, -0.2) is 31.5 Å². The zero-order valence-corrected chi connectivity index (χ0v) is 14.4. The molecule has 0 saturated heterocycles. The lowest BCUT2D eigenvalue weighted by atomic mass is 10.0. The van der Waals surface area contributed by atoms with Crippen LogP contribution in [0.15, 0.2) is 30.6 Å². The molecule has 0 aliphatic heterocycles. The first kappa shape index (κ1) is 16.8. The maximum atomic E-state index is 12.2. The van der Waals surface area contributed by atoms with E-state index in [2.05, 4.69) is 20.6 Å². The quantitative estimate of drug-likeness (QED) is 0.723. The fourth-order valence-corrected chi connectivity index (χ4v) is 2.80. The summed E-state index contributed by atoms with van der Waals surface area (Å²) in [5.74, 6) is -0.0871. The van der Waals surface area contributed by atoms with E-state index in [1.807, 2.05) is 13.8 Å². The van der Waals surface area contributed by atoms with E-state index in [1.165, 1.54) is 6.92 Å². The molecule has 1 N–H and O–H groups in total. The van der Waals surface area contributed by atoms with Crippen LogP contribution in [0.4, 0.5) is 5.69 Å². The summed E-state index contributed by atoms with van der Waals surface area (Å²) in [6.45, 7) is 5.39. The van der Waals surface area contributed by atoms with Crippen molar-refractivity contribution in [3.8, 4) is 0 Å². The third-order valence-corrected chi connectivity index (χ3v) is 4.19. The Labute approximate surface area is 145 Å². The number of amides is 1. The van der Waals surface area contributed by atoms with E-state index in [-0.39, 0.29) is 11.7 Å². The number of anilines is 1. The minimum absolute atomic E-state index is 0.000185. The Morgan fingerprint density at radius 2 is 1.88 bits per heavy atom. The molecule has 0 fully saturated rings. The number of carbonyl (C=O) groups excluding carboxylic acids is 2. The number of hydrogen-bond acceptors (Lipinski definition) is 5. The summed E-state index contributed by atoms with van der Waals surface area (Å²) < 4.78 is 1.64. The van der Waals surface area contributed by atoms with E-state index in [0.29, 0.717) is 29.7 Å². The number of Topliss-reactive ketones (excluding diaryl/α,β-unsaturated/α-hetero) is 1. The van der Waals surface area contributed by atoms with Crippen molar-refractivity contribution in [1.29, 1.82) is 0 Å². The predicted molar refractivity (Wildman–Crippen MR) is 93.7 cm³/mol. The van der Waals surface area contributed by atoms with Crippen molar-refractivity contribution in [2.24, 2.45) is 0 Å². The average molecular weight is 337 g/mol. The number of benzene rings is 1. The molecule has 2 aromatic heterocycles. The highest BCUT2D eigenvalue weighted by atomic mass is 16.1. The van der Waals surface area contributed by atoms with Crippen LogP contribution in [0.5, 0.6) is 0 Å². The molecule has 0 spiro atoms. The molecule has 3 rings (SSSR count). The van der Waals surface area contributed by atoms with Gasteiger partial charge in [-0.1, -0.05) is 0 Å². The molecule has 1 aromatic carbocycles. The van der Waals surface area contributed by atoms with Crippen molar-refractivity contribution in [3.05, 3.63) is 53.0 Å². The molecule has 0 radical (unpaired) electrons. The van der Waals surface area contributed by atoms with Crippen LogP contribution < -0.4 is 5.32 Å². The van der Waals surface area contributed by atoms with Crippen molar-refractivity contribution < 1.29 is 9.59 Å². The monoisotopic (exact) mass is 337 g/mol. The van der Waals surface area contributed by atoms with Gasteiger partial charge in [-0.05, 0) is 57.0 Å². The van der Waals surface area contributed by atoms with Crippen molar-refractivity contribution in [2.45, 2.75) is 33.6 Å². The summed E-state index contributed by atoms with van der Waals surface area (Å²) in [4.78, 5) is 23.5. The highest BCUT2D eigenvalue weighted by Crippen LogP contribution is 2.18. The largest absolute Gasteiger partial charge is 0.326 e. The molecule has 1 amide bonds. The maximum Gasteiger partial charge on any atom is 0.224 e. The van der Waals surface area contributed by atoms with E-state index in [1.54, 1.807) is 35.1 Å². The maximum absolute atomic E-state index is 12.2. The Balaban J connectivity index is 1.67. The Hall–Kier alpha value is -3.09. The second kappa shape index (κ2) is 6.80. The van der Waals surface area contributed by atoms with Gasteiger partial charge >= 0.3 is 0 Å². The molecule has 0 aliphatic rings. The van der Waals surface area contributed by atoms with Crippen LogP contribution in [0, 0.1) is 13.8 Å². The van der Waals surface area contributed by atoms with Gasteiger partial charge in [0.2, 0.25) is 5.91 Å². The van der Waals surface area contributed by atoms with Gasteiger partial charge in [0.25, 0.3) is 0 Å². The number of nitrogens with one attached hydrogen (secondary N) is 1. The third-order valence-electron chi connectivity index (χ3n) is 4.19. The standard InChI is InChI=1S/C18H19N5O2/c1-11-16(12(2)22-23-10-19-21-18(11)23)8-9-17(25)20-15-6-4-14(5-7-15)13(3)24/h4-7,10H,8-9H2,1-3H3,(H,20,25). The van der Waals surface area contributed by atoms with Gasteiger partial charge in [-0.15, -0.1) is 10.2 Å². The Morgan fingerprint density at radius 1 is 1.16 bits per heavy atom. The second-order valence-corrected chi connectivity index (χ2v) is 5.97. The minimum atomic E-state index is -0.0873. The fourth-order valence-electron chi connectivity index (χ4n) is 2.80. The zero-order valence-electron chi connectivity index (χ0n) is 14.4. The lowest BCUT2D eigenvalue weighted by Gasteiger charge is -2.10. The lowest BCUT2D eigenvalue weighted by Crippen LogP contribution is -2.14. The molecule has 0 saturated carbocycles. The molecule has 0 bridgehead atoms. The number of ketones is 1. The number of fused-ring (bicyclic) bond motifs is 1. The molecule has 2 heterocycles. The lowest BCUT2D eigenvalue weighted by molar-refractivity contribution is -0.116. The summed E-state index contributed by atoms with van der Waals surface area (Å²) in [5, 5.41) is 15.2. The summed E-state index contributed by atoms with van der Waals surface area (Å²) >= 11 is 0. The molecule has 128 valence electrons. The van der Waals surface area contributed by atoms with Crippen LogP contribution >= 0.6 is 0 Å². The highest BCUT2D eigenvalue weighted by molar-refractivity contribution is 5.95. The van der Waals surface area contributed by atoms with Gasteiger partial charge in [0.05, 0.1) is 5.69 Å². The first-order valence-electron chi connectivity index (χ1n) is 8.02. The Kier molecular flexibility index (Phi) is 4.56. The van der Waals surface area contributed by atoms with E-state index in [0.717, 1.165) is 16.8 Å². The first-order valence-corrected chi connectivity index (χ1v) is 8.02. The van der Waals surface area contributed by atoms with Gasteiger partial charge in [-0.25, -0.2) is 4.52 Å². The average Bonchev–Trinajstić information content (AvgIpc) is 3.03. The number of aromatic nitrogens is 4. The van der Waals surface area contributed by atoms with Gasteiger partial charge in [0.1, 0.15) is 6.33 Å². The molecule has 0 aliphatic carbocycles. The van der Waals surface area contributed by atoms with Crippen LogP contribution in [0.2, 0.25) is 0 Å². The van der Waals surface area contributed by atoms with Crippen molar-refractivity contribution in [3.63, 3.8) is 0 Å². The number of nitrogens with zero attached hydrogens (tertiary/aromatic N) is 4. The summed E-state index contributed by atoms with van der Waals surface area (Å²) in [7, 11) is 0. The fraction of sp³-hybridized carbons (Fsp3) is 0.278. The predicted octanol–water partition coefficient (Wildman–Crippen LogP) is 2.52. The van der Waals surface area contributed by atoms with E-state index >= 15 is 0 Å². The molecule has 3 aromatic rings.